The number of hydrogen-bond donors (Lipinski definition) is 4. The quantitative estimate of drug-likeness (QED) is 0.596. The van der Waals surface area contributed by atoms with Crippen molar-refractivity contribution in [1.82, 2.24) is 4.98 Å². The first kappa shape index (κ1) is 13.7. The van der Waals surface area contributed by atoms with E-state index in [1.807, 2.05) is 4.98 Å². The summed E-state index contributed by atoms with van der Waals surface area (Å²) in [5.41, 5.74) is 2.06. The van der Waals surface area contributed by atoms with E-state index in [1.165, 1.54) is 0 Å². The second kappa shape index (κ2) is 4.86. The van der Waals surface area contributed by atoms with Crippen LogP contribution in [-0.2, 0) is 6.18 Å². The summed E-state index contributed by atoms with van der Waals surface area (Å²) in [4.78, 5) is 12.8. The number of halogens is 3. The molecule has 0 aliphatic rings. The van der Waals surface area contributed by atoms with Crippen molar-refractivity contribution in [2.45, 2.75) is 18.4 Å². The van der Waals surface area contributed by atoms with Crippen LogP contribution >= 0.6 is 0 Å². The molecule has 96 valence electrons. The molecule has 8 heteroatoms. The van der Waals surface area contributed by atoms with Crippen LogP contribution in [0, 0.1) is 0 Å². The molecular weight excluding hydrogens is 241 g/mol. The third-order valence-electron chi connectivity index (χ3n) is 2.18. The van der Waals surface area contributed by atoms with Gasteiger partial charge in [0.15, 0.2) is 0 Å². The molecule has 0 saturated carbocycles. The average Bonchev–Trinajstić information content (AvgIpc) is 2.26. The molecule has 1 aromatic rings. The van der Waals surface area contributed by atoms with Crippen LogP contribution < -0.4 is 11.3 Å². The van der Waals surface area contributed by atoms with E-state index in [9.17, 15) is 28.2 Å². The molecule has 0 bridgehead atoms. The second-order valence-electron chi connectivity index (χ2n) is 3.42. The summed E-state index contributed by atoms with van der Waals surface area (Å²) >= 11 is 0. The lowest BCUT2D eigenvalue weighted by atomic mass is 10.0. The number of aromatic nitrogens is 1. The van der Waals surface area contributed by atoms with Crippen molar-refractivity contribution in [1.29, 1.82) is 0 Å². The molecule has 2 unspecified atom stereocenters. The zero-order chi connectivity index (χ0) is 13.2. The van der Waals surface area contributed by atoms with E-state index in [1.54, 1.807) is 0 Å². The fourth-order valence-corrected chi connectivity index (χ4v) is 1.23. The zero-order valence-electron chi connectivity index (χ0n) is 8.53. The molecule has 0 fully saturated rings. The van der Waals surface area contributed by atoms with Crippen LogP contribution in [0.1, 0.15) is 17.2 Å². The first-order valence-electron chi connectivity index (χ1n) is 4.63. The number of rotatable bonds is 3. The normalized spacial score (nSPS) is 15.6. The van der Waals surface area contributed by atoms with Gasteiger partial charge in [-0.1, -0.05) is 0 Å². The lowest BCUT2D eigenvalue weighted by Crippen LogP contribution is -2.29. The summed E-state index contributed by atoms with van der Waals surface area (Å²) in [6.45, 7) is -0.318. The van der Waals surface area contributed by atoms with Crippen molar-refractivity contribution in [2.24, 2.45) is 5.73 Å². The Morgan fingerprint density at radius 1 is 1.41 bits per heavy atom. The summed E-state index contributed by atoms with van der Waals surface area (Å²) in [6.07, 6.45) is -6.90. The molecule has 1 rings (SSSR count). The van der Waals surface area contributed by atoms with Gasteiger partial charge in [-0.25, -0.2) is 0 Å². The Balaban J connectivity index is 3.18. The van der Waals surface area contributed by atoms with Crippen LogP contribution in [0.15, 0.2) is 17.1 Å². The summed E-state index contributed by atoms with van der Waals surface area (Å²) in [6, 6.07) is 0.488. The number of aliphatic hydroxyl groups is 2. The third-order valence-corrected chi connectivity index (χ3v) is 2.18. The fourth-order valence-electron chi connectivity index (χ4n) is 1.23. The topological polar surface area (TPSA) is 99.3 Å². The molecule has 0 saturated heterocycles. The van der Waals surface area contributed by atoms with Gasteiger partial charge in [-0.15, -0.1) is 0 Å². The number of pyridine rings is 1. The van der Waals surface area contributed by atoms with E-state index in [4.69, 9.17) is 5.73 Å². The fraction of sp³-hybridized carbons (Fsp3) is 0.444. The van der Waals surface area contributed by atoms with Gasteiger partial charge in [0, 0.05) is 18.3 Å². The summed E-state index contributed by atoms with van der Waals surface area (Å²) < 4.78 is 37.2. The van der Waals surface area contributed by atoms with Gasteiger partial charge in [-0.3, -0.25) is 4.79 Å². The zero-order valence-corrected chi connectivity index (χ0v) is 8.53. The van der Waals surface area contributed by atoms with Gasteiger partial charge in [0.05, 0.1) is 6.10 Å². The van der Waals surface area contributed by atoms with E-state index >= 15 is 0 Å². The van der Waals surface area contributed by atoms with Crippen molar-refractivity contribution in [3.8, 4) is 0 Å². The number of H-pyrrole nitrogens is 1. The van der Waals surface area contributed by atoms with E-state index in [0.29, 0.717) is 6.07 Å². The monoisotopic (exact) mass is 252 g/mol. The van der Waals surface area contributed by atoms with Crippen LogP contribution in [-0.4, -0.2) is 27.8 Å². The maximum atomic E-state index is 12.4. The van der Waals surface area contributed by atoms with Crippen molar-refractivity contribution >= 4 is 0 Å². The number of alkyl halides is 3. The molecular formula is C9H11F3N2O3. The largest absolute Gasteiger partial charge is 0.421 e. The Morgan fingerprint density at radius 3 is 2.47 bits per heavy atom. The summed E-state index contributed by atoms with van der Waals surface area (Å²) in [5, 5.41) is 18.6. The highest BCUT2D eigenvalue weighted by molar-refractivity contribution is 5.23. The summed E-state index contributed by atoms with van der Waals surface area (Å²) in [5.74, 6) is 0. The van der Waals surface area contributed by atoms with Gasteiger partial charge < -0.3 is 20.9 Å². The van der Waals surface area contributed by atoms with Gasteiger partial charge in [0.1, 0.15) is 11.7 Å². The molecule has 0 aliphatic carbocycles. The number of nitrogens with two attached hydrogens (primary N) is 1. The summed E-state index contributed by atoms with van der Waals surface area (Å²) in [7, 11) is 0. The van der Waals surface area contributed by atoms with E-state index in [-0.39, 0.29) is 12.1 Å². The highest BCUT2D eigenvalue weighted by Crippen LogP contribution is 2.28. The SMILES string of the molecule is NCC(O)C(O)c1c[nH]c(=O)c(C(F)(F)F)c1. The van der Waals surface area contributed by atoms with Gasteiger partial charge in [-0.2, -0.15) is 13.2 Å². The highest BCUT2D eigenvalue weighted by Gasteiger charge is 2.35. The van der Waals surface area contributed by atoms with Crippen LogP contribution in [0.5, 0.6) is 0 Å². The van der Waals surface area contributed by atoms with Gasteiger partial charge >= 0.3 is 6.18 Å². The second-order valence-corrected chi connectivity index (χ2v) is 3.42. The van der Waals surface area contributed by atoms with Gasteiger partial charge in [-0.05, 0) is 6.07 Å². The molecule has 5 nitrogen and oxygen atoms in total. The van der Waals surface area contributed by atoms with Crippen LogP contribution in [0.3, 0.4) is 0 Å². The standard InChI is InChI=1S/C9H11F3N2O3/c10-9(11,12)5-1-4(3-14-8(5)17)7(16)6(15)2-13/h1,3,6-7,15-16H,2,13H2,(H,14,17). The average molecular weight is 252 g/mol. The minimum Gasteiger partial charge on any atom is -0.389 e. The number of hydrogen-bond acceptors (Lipinski definition) is 4. The first-order valence-corrected chi connectivity index (χ1v) is 4.63. The molecule has 0 aliphatic heterocycles. The number of aromatic amines is 1. The molecule has 1 aromatic heterocycles. The van der Waals surface area contributed by atoms with Gasteiger partial charge in [0.25, 0.3) is 5.56 Å². The lowest BCUT2D eigenvalue weighted by molar-refractivity contribution is -0.138. The molecule has 0 amide bonds. The molecule has 0 radical (unpaired) electrons. The minimum absolute atomic E-state index is 0.255. The van der Waals surface area contributed by atoms with E-state index in [2.05, 4.69) is 0 Å². The predicted octanol–water partition coefficient (Wildman–Crippen LogP) is -0.253. The van der Waals surface area contributed by atoms with E-state index in [0.717, 1.165) is 6.20 Å². The number of nitrogens with one attached hydrogen (secondary N) is 1. The van der Waals surface area contributed by atoms with E-state index < -0.39 is 29.5 Å². The predicted molar refractivity (Wildman–Crippen MR) is 52.1 cm³/mol. The Hall–Kier alpha value is -1.38. The Morgan fingerprint density at radius 2 is 2.00 bits per heavy atom. The molecule has 17 heavy (non-hydrogen) atoms. The van der Waals surface area contributed by atoms with Crippen LogP contribution in [0.2, 0.25) is 0 Å². The van der Waals surface area contributed by atoms with Crippen LogP contribution in [0.25, 0.3) is 0 Å². The Labute approximate surface area is 93.7 Å². The van der Waals surface area contributed by atoms with Crippen molar-refractivity contribution in [3.05, 3.63) is 33.7 Å². The molecule has 0 spiro atoms. The maximum Gasteiger partial charge on any atom is 0.421 e. The lowest BCUT2D eigenvalue weighted by Gasteiger charge is -2.17. The van der Waals surface area contributed by atoms with Crippen molar-refractivity contribution in [3.63, 3.8) is 0 Å². The van der Waals surface area contributed by atoms with Gasteiger partial charge in [0.2, 0.25) is 0 Å². The molecule has 2 atom stereocenters. The van der Waals surface area contributed by atoms with Crippen molar-refractivity contribution in [2.75, 3.05) is 6.54 Å². The van der Waals surface area contributed by atoms with Crippen LogP contribution in [0.4, 0.5) is 13.2 Å². The highest BCUT2D eigenvalue weighted by atomic mass is 19.4. The smallest absolute Gasteiger partial charge is 0.389 e. The maximum absolute atomic E-state index is 12.4. The minimum atomic E-state index is -4.82. The number of aliphatic hydroxyl groups excluding tert-OH is 2. The van der Waals surface area contributed by atoms with Crippen molar-refractivity contribution < 1.29 is 23.4 Å². The first-order chi connectivity index (χ1) is 7.77. The molecule has 0 aromatic carbocycles. The third kappa shape index (κ3) is 3.05. The molecule has 1 heterocycles. The molecule has 5 N–H and O–H groups in total. The Bertz CT molecular complexity index is 444. The Kier molecular flexibility index (Phi) is 3.91.